The maximum absolute atomic E-state index is 5.84. The van der Waals surface area contributed by atoms with Crippen LogP contribution in [0.1, 0.15) is 41.5 Å². The Hall–Kier alpha value is -1.01. The molecule has 0 aliphatic heterocycles. The third-order valence-corrected chi connectivity index (χ3v) is 3.81. The molecule has 0 saturated carbocycles. The molecule has 20 heavy (non-hydrogen) atoms. The van der Waals surface area contributed by atoms with E-state index in [-0.39, 0.29) is 6.10 Å². The van der Waals surface area contributed by atoms with Gasteiger partial charge in [0, 0.05) is 25.2 Å². The summed E-state index contributed by atoms with van der Waals surface area (Å²) in [7, 11) is 0. The summed E-state index contributed by atoms with van der Waals surface area (Å²) < 4.78 is 9.87. The molecule has 0 radical (unpaired) electrons. The van der Waals surface area contributed by atoms with Gasteiger partial charge in [0.05, 0.1) is 6.10 Å². The maximum Gasteiger partial charge on any atom is 0.197 e. The van der Waals surface area contributed by atoms with Gasteiger partial charge in [-0.15, -0.1) is 0 Å². The lowest BCUT2D eigenvalue weighted by molar-refractivity contribution is 0.182. The Morgan fingerprint density at radius 1 is 1.20 bits per heavy atom. The Bertz CT molecular complexity index is 396. The van der Waals surface area contributed by atoms with Crippen LogP contribution >= 0.6 is 11.5 Å². The molecule has 0 spiro atoms. The summed E-state index contributed by atoms with van der Waals surface area (Å²) in [6.45, 7) is 14.7. The average molecular weight is 300 g/mol. The molecule has 6 heteroatoms. The fourth-order valence-electron chi connectivity index (χ4n) is 2.17. The molecule has 0 aromatic carbocycles. The van der Waals surface area contributed by atoms with Gasteiger partial charge in [-0.1, -0.05) is 0 Å². The molecule has 1 aromatic rings. The van der Waals surface area contributed by atoms with E-state index in [0.717, 1.165) is 18.1 Å². The van der Waals surface area contributed by atoms with Crippen molar-refractivity contribution in [1.29, 1.82) is 0 Å². The van der Waals surface area contributed by atoms with E-state index < -0.39 is 0 Å². The Morgan fingerprint density at radius 2 is 1.80 bits per heavy atom. The van der Waals surface area contributed by atoms with Gasteiger partial charge in [0.15, 0.2) is 16.6 Å². The molecule has 116 valence electrons. The van der Waals surface area contributed by atoms with E-state index in [1.807, 2.05) is 13.8 Å². The number of rotatable bonds is 8. The van der Waals surface area contributed by atoms with Gasteiger partial charge in [-0.05, 0) is 53.1 Å². The standard InChI is InChI=1S/C14H28N4OS/c1-9(2)18(10(3)4)8-7-16-14-12(19-11(5)6)13(15)17-20-14/h9-11,16H,7-8H2,1-6H3,(H2,15,17). The summed E-state index contributed by atoms with van der Waals surface area (Å²) in [5.41, 5.74) is 5.84. The molecule has 1 rings (SSSR count). The first-order valence-corrected chi connectivity index (χ1v) is 8.01. The molecule has 1 aromatic heterocycles. The predicted octanol–water partition coefficient (Wildman–Crippen LogP) is 3.04. The van der Waals surface area contributed by atoms with Crippen molar-refractivity contribution in [2.75, 3.05) is 24.1 Å². The zero-order chi connectivity index (χ0) is 15.3. The fraction of sp³-hybridized carbons (Fsp3) is 0.786. The summed E-state index contributed by atoms with van der Waals surface area (Å²) in [5, 5.41) is 4.31. The maximum atomic E-state index is 5.84. The van der Waals surface area contributed by atoms with E-state index in [0.29, 0.717) is 23.7 Å². The number of hydrogen-bond acceptors (Lipinski definition) is 6. The summed E-state index contributed by atoms with van der Waals surface area (Å²) in [6, 6.07) is 1.07. The minimum absolute atomic E-state index is 0.0945. The fourth-order valence-corrected chi connectivity index (χ4v) is 2.84. The number of aromatic nitrogens is 1. The number of nitrogens with two attached hydrogens (primary N) is 1. The summed E-state index contributed by atoms with van der Waals surface area (Å²) in [5.74, 6) is 1.15. The lowest BCUT2D eigenvalue weighted by atomic mass is 10.2. The highest BCUT2D eigenvalue weighted by Crippen LogP contribution is 2.35. The summed E-state index contributed by atoms with van der Waals surface area (Å²) in [6.07, 6.45) is 0.0945. The first-order valence-electron chi connectivity index (χ1n) is 7.24. The zero-order valence-corrected chi connectivity index (χ0v) is 14.3. The molecule has 5 nitrogen and oxygen atoms in total. The lowest BCUT2D eigenvalue weighted by Crippen LogP contribution is -2.40. The van der Waals surface area contributed by atoms with Crippen LogP contribution in [0.4, 0.5) is 10.8 Å². The van der Waals surface area contributed by atoms with Crippen LogP contribution in [0.15, 0.2) is 0 Å². The molecule has 3 N–H and O–H groups in total. The lowest BCUT2D eigenvalue weighted by Gasteiger charge is -2.30. The van der Waals surface area contributed by atoms with E-state index in [9.17, 15) is 0 Å². The molecule has 1 heterocycles. The highest BCUT2D eigenvalue weighted by Gasteiger charge is 2.16. The van der Waals surface area contributed by atoms with Crippen molar-refractivity contribution >= 4 is 22.4 Å². The number of ether oxygens (including phenoxy) is 1. The Morgan fingerprint density at radius 3 is 2.30 bits per heavy atom. The van der Waals surface area contributed by atoms with Gasteiger partial charge in [-0.3, -0.25) is 4.90 Å². The molecule has 0 amide bonds. The van der Waals surface area contributed by atoms with Crippen molar-refractivity contribution in [2.45, 2.75) is 59.7 Å². The van der Waals surface area contributed by atoms with Crippen LogP contribution in [0.25, 0.3) is 0 Å². The van der Waals surface area contributed by atoms with Crippen LogP contribution in [-0.4, -0.2) is 40.6 Å². The molecular weight excluding hydrogens is 272 g/mol. The van der Waals surface area contributed by atoms with E-state index in [1.165, 1.54) is 11.5 Å². The molecule has 0 aliphatic carbocycles. The Labute approximate surface area is 126 Å². The van der Waals surface area contributed by atoms with Crippen LogP contribution < -0.4 is 15.8 Å². The van der Waals surface area contributed by atoms with E-state index in [2.05, 4.69) is 42.3 Å². The average Bonchev–Trinajstić information content (AvgIpc) is 2.65. The summed E-state index contributed by atoms with van der Waals surface area (Å²) in [4.78, 5) is 2.44. The van der Waals surface area contributed by atoms with Crippen molar-refractivity contribution in [3.05, 3.63) is 0 Å². The van der Waals surface area contributed by atoms with Gasteiger partial charge in [-0.25, -0.2) is 0 Å². The van der Waals surface area contributed by atoms with E-state index in [4.69, 9.17) is 10.5 Å². The Balaban J connectivity index is 2.57. The summed E-state index contributed by atoms with van der Waals surface area (Å²) >= 11 is 1.36. The van der Waals surface area contributed by atoms with Gasteiger partial charge in [0.2, 0.25) is 0 Å². The highest BCUT2D eigenvalue weighted by molar-refractivity contribution is 7.11. The smallest absolute Gasteiger partial charge is 0.197 e. The molecule has 0 bridgehead atoms. The molecule has 0 saturated heterocycles. The van der Waals surface area contributed by atoms with Crippen LogP contribution in [0.5, 0.6) is 5.75 Å². The van der Waals surface area contributed by atoms with Crippen molar-refractivity contribution in [1.82, 2.24) is 9.27 Å². The van der Waals surface area contributed by atoms with Gasteiger partial charge in [0.1, 0.15) is 0 Å². The normalized spacial score (nSPS) is 11.9. The zero-order valence-electron chi connectivity index (χ0n) is 13.4. The van der Waals surface area contributed by atoms with Crippen LogP contribution in [-0.2, 0) is 0 Å². The topological polar surface area (TPSA) is 63.4 Å². The van der Waals surface area contributed by atoms with E-state index in [1.54, 1.807) is 0 Å². The van der Waals surface area contributed by atoms with Crippen molar-refractivity contribution < 1.29 is 4.74 Å². The first-order chi connectivity index (χ1) is 9.32. The second-order valence-corrected chi connectivity index (χ2v) is 6.52. The number of anilines is 2. The Kier molecular flexibility index (Phi) is 6.55. The largest absolute Gasteiger partial charge is 0.484 e. The van der Waals surface area contributed by atoms with Gasteiger partial charge in [-0.2, -0.15) is 4.37 Å². The van der Waals surface area contributed by atoms with E-state index >= 15 is 0 Å². The molecule has 0 unspecified atom stereocenters. The minimum atomic E-state index is 0.0945. The predicted molar refractivity (Wildman–Crippen MR) is 87.8 cm³/mol. The van der Waals surface area contributed by atoms with Gasteiger partial charge < -0.3 is 15.8 Å². The minimum Gasteiger partial charge on any atom is -0.484 e. The highest BCUT2D eigenvalue weighted by atomic mass is 32.1. The number of nitrogens with zero attached hydrogens (tertiary/aromatic N) is 2. The second kappa shape index (κ2) is 7.69. The molecule has 0 aliphatic rings. The number of hydrogen-bond donors (Lipinski definition) is 2. The quantitative estimate of drug-likeness (QED) is 0.772. The number of nitrogen functional groups attached to an aromatic ring is 1. The molecular formula is C14H28N4OS. The monoisotopic (exact) mass is 300 g/mol. The number of nitrogens with one attached hydrogen (secondary N) is 1. The van der Waals surface area contributed by atoms with Crippen molar-refractivity contribution in [2.24, 2.45) is 0 Å². The van der Waals surface area contributed by atoms with Crippen LogP contribution in [0.2, 0.25) is 0 Å². The van der Waals surface area contributed by atoms with Gasteiger partial charge >= 0.3 is 0 Å². The third-order valence-electron chi connectivity index (χ3n) is 3.01. The molecule has 0 fully saturated rings. The van der Waals surface area contributed by atoms with Crippen LogP contribution in [0, 0.1) is 0 Å². The second-order valence-electron chi connectivity index (χ2n) is 5.74. The first kappa shape index (κ1) is 17.0. The van der Waals surface area contributed by atoms with Crippen molar-refractivity contribution in [3.63, 3.8) is 0 Å². The third kappa shape index (κ3) is 4.83. The SMILES string of the molecule is CC(C)Oc1c(N)nsc1NCCN(C(C)C)C(C)C. The van der Waals surface area contributed by atoms with Crippen molar-refractivity contribution in [3.8, 4) is 5.75 Å². The van der Waals surface area contributed by atoms with Crippen LogP contribution in [0.3, 0.4) is 0 Å². The van der Waals surface area contributed by atoms with Gasteiger partial charge in [0.25, 0.3) is 0 Å². The molecule has 0 atom stereocenters.